The summed E-state index contributed by atoms with van der Waals surface area (Å²) >= 11 is 0. The first-order valence-electron chi connectivity index (χ1n) is 8.12. The van der Waals surface area contributed by atoms with Crippen molar-refractivity contribution in [1.82, 2.24) is 0 Å². The van der Waals surface area contributed by atoms with Crippen molar-refractivity contribution in [2.75, 3.05) is 6.61 Å². The normalized spacial score (nSPS) is 22.8. The van der Waals surface area contributed by atoms with E-state index in [4.69, 9.17) is 4.74 Å². The van der Waals surface area contributed by atoms with Crippen LogP contribution in [0, 0.1) is 10.8 Å². The zero-order valence-corrected chi connectivity index (χ0v) is 14.2. The van der Waals surface area contributed by atoms with Crippen LogP contribution < -0.4 is 4.74 Å². The average molecular weight is 290 g/mol. The third-order valence-electron chi connectivity index (χ3n) is 4.36. The minimum atomic E-state index is -0.728. The Balaban J connectivity index is 2.22. The van der Waals surface area contributed by atoms with Gasteiger partial charge in [-0.1, -0.05) is 46.8 Å². The van der Waals surface area contributed by atoms with Gasteiger partial charge in [0.15, 0.2) is 0 Å². The first kappa shape index (κ1) is 16.4. The molecule has 0 radical (unpaired) electrons. The van der Waals surface area contributed by atoms with Gasteiger partial charge in [-0.05, 0) is 54.2 Å². The molecule has 0 unspecified atom stereocenters. The van der Waals surface area contributed by atoms with Crippen molar-refractivity contribution in [2.45, 2.75) is 65.9 Å². The van der Waals surface area contributed by atoms with E-state index in [1.54, 1.807) is 0 Å². The fourth-order valence-electron chi connectivity index (χ4n) is 4.35. The fraction of sp³-hybridized carbons (Fsp3) is 0.684. The van der Waals surface area contributed by atoms with E-state index in [-0.39, 0.29) is 10.8 Å². The van der Waals surface area contributed by atoms with Crippen LogP contribution in [0.3, 0.4) is 0 Å². The van der Waals surface area contributed by atoms with E-state index in [1.807, 2.05) is 24.3 Å². The van der Waals surface area contributed by atoms with Crippen LogP contribution in [0.25, 0.3) is 0 Å². The molecular weight excluding hydrogens is 260 g/mol. The Morgan fingerprint density at radius 2 is 1.48 bits per heavy atom. The van der Waals surface area contributed by atoms with Gasteiger partial charge in [-0.15, -0.1) is 0 Å². The van der Waals surface area contributed by atoms with Crippen LogP contribution in [0.2, 0.25) is 0 Å². The number of rotatable bonds is 4. The smallest absolute Gasteiger partial charge is 0.119 e. The van der Waals surface area contributed by atoms with Crippen molar-refractivity contribution in [1.29, 1.82) is 0 Å². The van der Waals surface area contributed by atoms with E-state index in [0.717, 1.165) is 43.6 Å². The van der Waals surface area contributed by atoms with Crippen molar-refractivity contribution in [3.05, 3.63) is 29.8 Å². The van der Waals surface area contributed by atoms with Crippen LogP contribution in [0.5, 0.6) is 5.75 Å². The maximum absolute atomic E-state index is 11.2. The summed E-state index contributed by atoms with van der Waals surface area (Å²) < 4.78 is 5.63. The van der Waals surface area contributed by atoms with Crippen molar-refractivity contribution in [3.63, 3.8) is 0 Å². The quantitative estimate of drug-likeness (QED) is 0.854. The highest BCUT2D eigenvalue weighted by Gasteiger charge is 2.47. The van der Waals surface area contributed by atoms with Gasteiger partial charge < -0.3 is 9.84 Å². The highest BCUT2D eigenvalue weighted by Crippen LogP contribution is 2.53. The Kier molecular flexibility index (Phi) is 4.39. The third kappa shape index (κ3) is 4.00. The second kappa shape index (κ2) is 5.64. The van der Waals surface area contributed by atoms with Gasteiger partial charge in [0.1, 0.15) is 5.75 Å². The van der Waals surface area contributed by atoms with Crippen LogP contribution in [0.15, 0.2) is 24.3 Å². The summed E-state index contributed by atoms with van der Waals surface area (Å²) in [6.07, 6.45) is 3.80. The molecule has 0 aliphatic heterocycles. The summed E-state index contributed by atoms with van der Waals surface area (Å²) in [6.45, 7) is 11.9. The number of benzene rings is 1. The van der Waals surface area contributed by atoms with Crippen LogP contribution in [0.4, 0.5) is 0 Å². The number of hydrogen-bond donors (Lipinski definition) is 1. The minimum absolute atomic E-state index is 0.161. The molecule has 21 heavy (non-hydrogen) atoms. The summed E-state index contributed by atoms with van der Waals surface area (Å²) in [5, 5.41) is 11.2. The van der Waals surface area contributed by atoms with E-state index < -0.39 is 5.60 Å². The van der Waals surface area contributed by atoms with E-state index >= 15 is 0 Å². The molecule has 2 heteroatoms. The topological polar surface area (TPSA) is 29.5 Å². The molecular formula is C19H30O2. The van der Waals surface area contributed by atoms with Gasteiger partial charge in [0.25, 0.3) is 0 Å². The van der Waals surface area contributed by atoms with Gasteiger partial charge >= 0.3 is 0 Å². The van der Waals surface area contributed by atoms with Crippen molar-refractivity contribution in [3.8, 4) is 5.75 Å². The maximum atomic E-state index is 11.2. The molecule has 118 valence electrons. The van der Waals surface area contributed by atoms with E-state index in [0.29, 0.717) is 0 Å². The van der Waals surface area contributed by atoms with Gasteiger partial charge in [0.05, 0.1) is 12.2 Å². The highest BCUT2D eigenvalue weighted by atomic mass is 16.5. The molecule has 1 saturated carbocycles. The number of hydrogen-bond acceptors (Lipinski definition) is 2. The van der Waals surface area contributed by atoms with Gasteiger partial charge in [-0.25, -0.2) is 0 Å². The molecule has 0 atom stereocenters. The Hall–Kier alpha value is -1.02. The summed E-state index contributed by atoms with van der Waals surface area (Å²) in [6, 6.07) is 8.03. The largest absolute Gasteiger partial charge is 0.494 e. The lowest BCUT2D eigenvalue weighted by molar-refractivity contribution is -0.0913. The Bertz CT molecular complexity index is 455. The summed E-state index contributed by atoms with van der Waals surface area (Å²) in [5.74, 6) is 0.888. The molecule has 1 aromatic carbocycles. The fourth-order valence-corrected chi connectivity index (χ4v) is 4.35. The second-order valence-corrected chi connectivity index (χ2v) is 8.26. The standard InChI is InChI=1S/C19H30O2/c1-6-11-21-16-9-7-15(8-10-16)19(20)13-17(2,3)12-18(4,5)14-19/h7-10,20H,6,11-14H2,1-5H3. The monoisotopic (exact) mass is 290 g/mol. The molecule has 1 fully saturated rings. The average Bonchev–Trinajstić information content (AvgIpc) is 2.32. The molecule has 2 nitrogen and oxygen atoms in total. The Morgan fingerprint density at radius 1 is 0.952 bits per heavy atom. The second-order valence-electron chi connectivity index (χ2n) is 8.26. The number of aliphatic hydroxyl groups is 1. The SMILES string of the molecule is CCCOc1ccc(C2(O)CC(C)(C)CC(C)(C)C2)cc1. The summed E-state index contributed by atoms with van der Waals surface area (Å²) in [7, 11) is 0. The molecule has 1 aromatic rings. The predicted molar refractivity (Wildman–Crippen MR) is 87.5 cm³/mol. The van der Waals surface area contributed by atoms with Crippen LogP contribution in [0.1, 0.15) is 65.9 Å². The minimum Gasteiger partial charge on any atom is -0.494 e. The van der Waals surface area contributed by atoms with Gasteiger partial charge in [-0.2, -0.15) is 0 Å². The van der Waals surface area contributed by atoms with Gasteiger partial charge in [-0.3, -0.25) is 0 Å². The predicted octanol–water partition coefficient (Wildman–Crippen LogP) is 4.90. The molecule has 0 bridgehead atoms. The molecule has 0 spiro atoms. The molecule has 1 aliphatic rings. The number of ether oxygens (including phenoxy) is 1. The molecule has 1 aliphatic carbocycles. The molecule has 0 saturated heterocycles. The van der Waals surface area contributed by atoms with Crippen molar-refractivity contribution >= 4 is 0 Å². The molecule has 0 aromatic heterocycles. The van der Waals surface area contributed by atoms with E-state index in [2.05, 4.69) is 34.6 Å². The molecule has 0 heterocycles. The summed E-state index contributed by atoms with van der Waals surface area (Å²) in [4.78, 5) is 0. The molecule has 1 N–H and O–H groups in total. The lowest BCUT2D eigenvalue weighted by Crippen LogP contribution is -2.44. The first-order valence-corrected chi connectivity index (χ1v) is 8.12. The third-order valence-corrected chi connectivity index (χ3v) is 4.36. The lowest BCUT2D eigenvalue weighted by atomic mass is 9.58. The highest BCUT2D eigenvalue weighted by molar-refractivity contribution is 5.32. The van der Waals surface area contributed by atoms with E-state index in [1.165, 1.54) is 0 Å². The Labute approximate surface area is 129 Å². The van der Waals surface area contributed by atoms with E-state index in [9.17, 15) is 5.11 Å². The van der Waals surface area contributed by atoms with Crippen LogP contribution in [-0.2, 0) is 5.60 Å². The first-order chi connectivity index (χ1) is 9.66. The van der Waals surface area contributed by atoms with Crippen LogP contribution in [-0.4, -0.2) is 11.7 Å². The van der Waals surface area contributed by atoms with Crippen molar-refractivity contribution < 1.29 is 9.84 Å². The lowest BCUT2D eigenvalue weighted by Gasteiger charge is -2.49. The maximum Gasteiger partial charge on any atom is 0.119 e. The zero-order valence-electron chi connectivity index (χ0n) is 14.2. The molecule has 0 amide bonds. The van der Waals surface area contributed by atoms with Gasteiger partial charge in [0.2, 0.25) is 0 Å². The Morgan fingerprint density at radius 3 is 1.95 bits per heavy atom. The zero-order chi connectivity index (χ0) is 15.7. The van der Waals surface area contributed by atoms with Crippen molar-refractivity contribution in [2.24, 2.45) is 10.8 Å². The van der Waals surface area contributed by atoms with Crippen LogP contribution >= 0.6 is 0 Å². The van der Waals surface area contributed by atoms with Gasteiger partial charge in [0, 0.05) is 0 Å². The summed E-state index contributed by atoms with van der Waals surface area (Å²) in [5.41, 5.74) is 0.614. The molecule has 2 rings (SSSR count).